The maximum Gasteiger partial charge on any atom is 0.187 e. The molecule has 16 heavy (non-hydrogen) atoms. The summed E-state index contributed by atoms with van der Waals surface area (Å²) in [6.45, 7) is 2.13. The molecule has 1 aliphatic carbocycles. The Morgan fingerprint density at radius 1 is 1.50 bits per heavy atom. The Balaban J connectivity index is 2.15. The molecule has 1 aromatic heterocycles. The van der Waals surface area contributed by atoms with E-state index in [4.69, 9.17) is 0 Å². The van der Waals surface area contributed by atoms with Crippen LogP contribution in [0.5, 0.6) is 0 Å². The van der Waals surface area contributed by atoms with E-state index in [-0.39, 0.29) is 0 Å². The number of rotatable bonds is 3. The Morgan fingerprint density at radius 2 is 2.31 bits per heavy atom. The van der Waals surface area contributed by atoms with Gasteiger partial charge in [0.15, 0.2) is 5.16 Å². The van der Waals surface area contributed by atoms with Crippen LogP contribution in [0, 0.1) is 0 Å². The number of thioether (sulfide) groups is 1. The van der Waals surface area contributed by atoms with Crippen molar-refractivity contribution < 1.29 is 0 Å². The summed E-state index contributed by atoms with van der Waals surface area (Å²) in [6, 6.07) is 0.653. The van der Waals surface area contributed by atoms with Crippen LogP contribution < -0.4 is 0 Å². The first kappa shape index (κ1) is 11.9. The van der Waals surface area contributed by atoms with Gasteiger partial charge in [0, 0.05) is 17.9 Å². The predicted molar refractivity (Wildman–Crippen MR) is 67.9 cm³/mol. The average molecular weight is 237 g/mol. The third-order valence-electron chi connectivity index (χ3n) is 3.11. The van der Waals surface area contributed by atoms with Gasteiger partial charge in [0.2, 0.25) is 0 Å². The number of likely N-dealkylation sites (N-methyl/N-ethyl adjacent to an activating group) is 1. The Hall–Kier alpha value is -0.610. The zero-order valence-electron chi connectivity index (χ0n) is 10.2. The molecule has 0 aromatic carbocycles. The van der Waals surface area contributed by atoms with Crippen molar-refractivity contribution in [3.05, 3.63) is 17.5 Å². The molecule has 0 N–H and O–H groups in total. The number of aromatic nitrogens is 2. The fraction of sp³-hybridized carbons (Fsp3) is 0.667. The molecular weight excluding hydrogens is 218 g/mol. The van der Waals surface area contributed by atoms with Crippen molar-refractivity contribution >= 4 is 11.8 Å². The Morgan fingerprint density at radius 3 is 3.00 bits per heavy atom. The minimum atomic E-state index is 0.653. The van der Waals surface area contributed by atoms with Crippen molar-refractivity contribution in [2.75, 3.05) is 19.8 Å². The molecular formula is C12H19N3S. The van der Waals surface area contributed by atoms with Crippen LogP contribution in [0.2, 0.25) is 0 Å². The molecule has 2 rings (SSSR count). The zero-order valence-corrected chi connectivity index (χ0v) is 11.0. The number of fused-ring (bicyclic) bond motifs is 1. The number of hydrogen-bond donors (Lipinski definition) is 0. The molecule has 1 aliphatic rings. The Kier molecular flexibility index (Phi) is 3.82. The molecule has 0 spiro atoms. The molecule has 0 aliphatic heterocycles. The van der Waals surface area contributed by atoms with Gasteiger partial charge in [-0.3, -0.25) is 0 Å². The van der Waals surface area contributed by atoms with Gasteiger partial charge in [-0.1, -0.05) is 18.7 Å². The molecule has 0 bridgehead atoms. The van der Waals surface area contributed by atoms with E-state index in [0.29, 0.717) is 6.04 Å². The van der Waals surface area contributed by atoms with Crippen molar-refractivity contribution in [3.63, 3.8) is 0 Å². The molecule has 1 aromatic rings. The van der Waals surface area contributed by atoms with Gasteiger partial charge in [0.05, 0.1) is 0 Å². The van der Waals surface area contributed by atoms with Crippen LogP contribution >= 0.6 is 11.8 Å². The van der Waals surface area contributed by atoms with E-state index in [1.807, 2.05) is 6.20 Å². The highest BCUT2D eigenvalue weighted by molar-refractivity contribution is 7.99. The Labute approximate surface area is 102 Å². The molecule has 1 unspecified atom stereocenters. The standard InChI is InChI=1S/C12H19N3S/c1-4-16-12-13-8-9-7-10(15(2)3)5-6-11(9)14-12/h8,10H,4-7H2,1-3H3. The van der Waals surface area contributed by atoms with Crippen LogP contribution in [0.3, 0.4) is 0 Å². The van der Waals surface area contributed by atoms with Gasteiger partial charge in [-0.15, -0.1) is 0 Å². The lowest BCUT2D eigenvalue weighted by atomic mass is 9.92. The molecule has 3 nitrogen and oxygen atoms in total. The number of aryl methyl sites for hydroxylation is 1. The second-order valence-electron chi connectivity index (χ2n) is 4.42. The van der Waals surface area contributed by atoms with Gasteiger partial charge in [-0.2, -0.15) is 0 Å². The maximum absolute atomic E-state index is 4.63. The van der Waals surface area contributed by atoms with Crippen molar-refractivity contribution in [1.29, 1.82) is 0 Å². The summed E-state index contributed by atoms with van der Waals surface area (Å²) >= 11 is 1.72. The molecule has 4 heteroatoms. The molecule has 0 amide bonds. The number of hydrogen-bond acceptors (Lipinski definition) is 4. The topological polar surface area (TPSA) is 29.0 Å². The second kappa shape index (κ2) is 5.15. The zero-order chi connectivity index (χ0) is 11.5. The summed E-state index contributed by atoms with van der Waals surface area (Å²) in [4.78, 5) is 11.3. The van der Waals surface area contributed by atoms with Crippen molar-refractivity contribution in [3.8, 4) is 0 Å². The first-order valence-electron chi connectivity index (χ1n) is 5.84. The highest BCUT2D eigenvalue weighted by Gasteiger charge is 2.21. The lowest BCUT2D eigenvalue weighted by Crippen LogP contribution is -2.34. The van der Waals surface area contributed by atoms with E-state index in [1.54, 1.807) is 11.8 Å². The quantitative estimate of drug-likeness (QED) is 0.594. The predicted octanol–water partition coefficient (Wildman–Crippen LogP) is 2.01. The van der Waals surface area contributed by atoms with Crippen molar-refractivity contribution in [2.45, 2.75) is 37.4 Å². The third-order valence-corrected chi connectivity index (χ3v) is 3.85. The molecule has 0 saturated carbocycles. The first-order valence-corrected chi connectivity index (χ1v) is 6.83. The molecule has 1 heterocycles. The van der Waals surface area contributed by atoms with Crippen LogP contribution in [-0.2, 0) is 12.8 Å². The maximum atomic E-state index is 4.63. The number of nitrogens with zero attached hydrogens (tertiary/aromatic N) is 3. The van der Waals surface area contributed by atoms with Crippen molar-refractivity contribution in [1.82, 2.24) is 14.9 Å². The van der Waals surface area contributed by atoms with E-state index in [2.05, 4.69) is 35.9 Å². The van der Waals surface area contributed by atoms with E-state index in [0.717, 1.165) is 23.8 Å². The lowest BCUT2D eigenvalue weighted by molar-refractivity contribution is 0.266. The fourth-order valence-corrected chi connectivity index (χ4v) is 2.67. The summed E-state index contributed by atoms with van der Waals surface area (Å²) < 4.78 is 0. The van der Waals surface area contributed by atoms with E-state index >= 15 is 0 Å². The molecule has 0 saturated heterocycles. The van der Waals surface area contributed by atoms with E-state index in [9.17, 15) is 0 Å². The van der Waals surface area contributed by atoms with Crippen LogP contribution in [0.4, 0.5) is 0 Å². The monoisotopic (exact) mass is 237 g/mol. The van der Waals surface area contributed by atoms with Gasteiger partial charge < -0.3 is 4.90 Å². The molecule has 1 atom stereocenters. The van der Waals surface area contributed by atoms with E-state index < -0.39 is 0 Å². The second-order valence-corrected chi connectivity index (χ2v) is 5.65. The molecule has 88 valence electrons. The highest BCUT2D eigenvalue weighted by Crippen LogP contribution is 2.23. The van der Waals surface area contributed by atoms with Crippen LogP contribution in [0.25, 0.3) is 0 Å². The van der Waals surface area contributed by atoms with Crippen LogP contribution in [0.15, 0.2) is 11.4 Å². The van der Waals surface area contributed by atoms with Gasteiger partial charge in [-0.05, 0) is 44.7 Å². The minimum absolute atomic E-state index is 0.653. The average Bonchev–Trinajstić information content (AvgIpc) is 2.28. The summed E-state index contributed by atoms with van der Waals surface area (Å²) in [5.74, 6) is 1.04. The normalized spacial score (nSPS) is 19.9. The van der Waals surface area contributed by atoms with Crippen LogP contribution in [0.1, 0.15) is 24.6 Å². The summed E-state index contributed by atoms with van der Waals surface area (Å²) in [5.41, 5.74) is 2.61. The lowest BCUT2D eigenvalue weighted by Gasteiger charge is -2.29. The SMILES string of the molecule is CCSc1ncc2c(n1)CCC(N(C)C)C2. The molecule has 0 radical (unpaired) electrons. The summed E-state index contributed by atoms with van der Waals surface area (Å²) in [5, 5.41) is 0.935. The Bertz CT molecular complexity index is 365. The van der Waals surface area contributed by atoms with Gasteiger partial charge in [0.25, 0.3) is 0 Å². The largest absolute Gasteiger partial charge is 0.306 e. The first-order chi connectivity index (χ1) is 7.70. The molecule has 0 fully saturated rings. The smallest absolute Gasteiger partial charge is 0.187 e. The minimum Gasteiger partial charge on any atom is -0.306 e. The van der Waals surface area contributed by atoms with Crippen molar-refractivity contribution in [2.24, 2.45) is 0 Å². The highest BCUT2D eigenvalue weighted by atomic mass is 32.2. The third kappa shape index (κ3) is 2.55. The summed E-state index contributed by atoms with van der Waals surface area (Å²) in [7, 11) is 4.30. The van der Waals surface area contributed by atoms with Gasteiger partial charge in [0.1, 0.15) is 0 Å². The van der Waals surface area contributed by atoms with Crippen LogP contribution in [-0.4, -0.2) is 40.8 Å². The summed E-state index contributed by atoms with van der Waals surface area (Å²) in [6.07, 6.45) is 5.43. The van der Waals surface area contributed by atoms with E-state index in [1.165, 1.54) is 17.7 Å². The van der Waals surface area contributed by atoms with Gasteiger partial charge in [-0.25, -0.2) is 9.97 Å². The fourth-order valence-electron chi connectivity index (χ4n) is 2.11. The van der Waals surface area contributed by atoms with Gasteiger partial charge >= 0.3 is 0 Å².